The first-order valence-electron chi connectivity index (χ1n) is 7.46. The number of benzene rings is 1. The van der Waals surface area contributed by atoms with Crippen molar-refractivity contribution in [2.45, 2.75) is 46.0 Å². The number of hydrogen-bond donors (Lipinski definition) is 0. The Morgan fingerprint density at radius 1 is 1.10 bits per heavy atom. The van der Waals surface area contributed by atoms with Gasteiger partial charge in [0.25, 0.3) is 0 Å². The van der Waals surface area contributed by atoms with Crippen molar-refractivity contribution in [1.82, 2.24) is 0 Å². The highest BCUT2D eigenvalue weighted by Gasteiger charge is 2.09. The van der Waals surface area contributed by atoms with Gasteiger partial charge in [-0.15, -0.1) is 0 Å². The minimum atomic E-state index is -0.344. The average Bonchev–Trinajstić information content (AvgIpc) is 2.51. The van der Waals surface area contributed by atoms with Gasteiger partial charge in [0, 0.05) is 6.42 Å². The van der Waals surface area contributed by atoms with E-state index in [1.165, 1.54) is 5.56 Å². The summed E-state index contributed by atoms with van der Waals surface area (Å²) in [7, 11) is 0. The Bertz CT molecular complexity index is 450. The van der Waals surface area contributed by atoms with E-state index in [9.17, 15) is 9.59 Å². The van der Waals surface area contributed by atoms with E-state index in [-0.39, 0.29) is 31.2 Å². The van der Waals surface area contributed by atoms with Crippen molar-refractivity contribution >= 4 is 11.8 Å². The highest BCUT2D eigenvalue weighted by molar-refractivity contribution is 5.84. The molecule has 1 unspecified atom stereocenters. The van der Waals surface area contributed by atoms with Crippen LogP contribution in [0.15, 0.2) is 24.3 Å². The highest BCUT2D eigenvalue weighted by Crippen LogP contribution is 2.21. The largest absolute Gasteiger partial charge is 0.486 e. The summed E-state index contributed by atoms with van der Waals surface area (Å²) in [5.74, 6) is 0.745. The van der Waals surface area contributed by atoms with Crippen molar-refractivity contribution in [1.29, 1.82) is 0 Å². The van der Waals surface area contributed by atoms with Crippen LogP contribution in [0, 0.1) is 0 Å². The molecule has 0 N–H and O–H groups in total. The lowest BCUT2D eigenvalue weighted by Crippen LogP contribution is -2.14. The van der Waals surface area contributed by atoms with E-state index < -0.39 is 0 Å². The van der Waals surface area contributed by atoms with E-state index in [4.69, 9.17) is 9.47 Å². The molecule has 0 aliphatic rings. The molecule has 116 valence electrons. The zero-order valence-corrected chi connectivity index (χ0v) is 13.1. The Labute approximate surface area is 126 Å². The standard InChI is InChI=1S/C17H24O4/c1-4-13(3)14-6-9-16(10-7-14)21-12-15(18)8-11-17(19)20-5-2/h6-7,9-10,13H,4-5,8,11-12H2,1-3H3. The molecule has 0 aliphatic carbocycles. The lowest BCUT2D eigenvalue weighted by atomic mass is 9.99. The van der Waals surface area contributed by atoms with Gasteiger partial charge in [0.05, 0.1) is 13.0 Å². The second-order valence-electron chi connectivity index (χ2n) is 5.01. The van der Waals surface area contributed by atoms with Gasteiger partial charge in [-0.25, -0.2) is 0 Å². The summed E-state index contributed by atoms with van der Waals surface area (Å²) in [5.41, 5.74) is 1.26. The molecule has 1 aromatic rings. The minimum absolute atomic E-state index is 0.0118. The van der Waals surface area contributed by atoms with Crippen LogP contribution in [0.5, 0.6) is 5.75 Å². The molecule has 4 nitrogen and oxygen atoms in total. The summed E-state index contributed by atoms with van der Waals surface area (Å²) in [4.78, 5) is 22.8. The van der Waals surface area contributed by atoms with Crippen LogP contribution in [0.4, 0.5) is 0 Å². The Kier molecular flexibility index (Phi) is 7.51. The maximum Gasteiger partial charge on any atom is 0.306 e. The average molecular weight is 292 g/mol. The van der Waals surface area contributed by atoms with E-state index in [0.717, 1.165) is 6.42 Å². The molecule has 0 heterocycles. The third-order valence-electron chi connectivity index (χ3n) is 3.37. The molecule has 0 amide bonds. The van der Waals surface area contributed by atoms with Gasteiger partial charge in [0.2, 0.25) is 0 Å². The molecule has 21 heavy (non-hydrogen) atoms. The van der Waals surface area contributed by atoms with Gasteiger partial charge >= 0.3 is 5.97 Å². The van der Waals surface area contributed by atoms with Gasteiger partial charge in [0.1, 0.15) is 12.4 Å². The third-order valence-corrected chi connectivity index (χ3v) is 3.37. The van der Waals surface area contributed by atoms with Crippen LogP contribution < -0.4 is 4.74 Å². The molecule has 0 bridgehead atoms. The van der Waals surface area contributed by atoms with Gasteiger partial charge in [0.15, 0.2) is 5.78 Å². The highest BCUT2D eigenvalue weighted by atomic mass is 16.5. The summed E-state index contributed by atoms with van der Waals surface area (Å²) in [6.45, 7) is 6.39. The number of Topliss-reactive ketones (excluding diaryl/α,β-unsaturated/α-hetero) is 1. The fourth-order valence-corrected chi connectivity index (χ4v) is 1.84. The van der Waals surface area contributed by atoms with Crippen LogP contribution in [0.1, 0.15) is 51.5 Å². The number of hydrogen-bond acceptors (Lipinski definition) is 4. The van der Waals surface area contributed by atoms with Crippen molar-refractivity contribution < 1.29 is 19.1 Å². The van der Waals surface area contributed by atoms with Crippen LogP contribution >= 0.6 is 0 Å². The molecule has 1 rings (SSSR count). The Morgan fingerprint density at radius 2 is 1.76 bits per heavy atom. The van der Waals surface area contributed by atoms with E-state index in [1.807, 2.05) is 24.3 Å². The predicted octanol–water partition coefficient (Wildman–Crippen LogP) is 3.49. The van der Waals surface area contributed by atoms with E-state index >= 15 is 0 Å². The first-order valence-corrected chi connectivity index (χ1v) is 7.46. The van der Waals surface area contributed by atoms with Crippen molar-refractivity contribution in [3.05, 3.63) is 29.8 Å². The van der Waals surface area contributed by atoms with Gasteiger partial charge < -0.3 is 9.47 Å². The number of ether oxygens (including phenoxy) is 2. The minimum Gasteiger partial charge on any atom is -0.486 e. The fourth-order valence-electron chi connectivity index (χ4n) is 1.84. The Morgan fingerprint density at radius 3 is 2.33 bits per heavy atom. The van der Waals surface area contributed by atoms with Crippen molar-refractivity contribution in [2.24, 2.45) is 0 Å². The second-order valence-corrected chi connectivity index (χ2v) is 5.01. The topological polar surface area (TPSA) is 52.6 Å². The molecule has 0 radical (unpaired) electrons. The first kappa shape index (κ1) is 17.2. The number of rotatable bonds is 9. The molecule has 0 aliphatic heterocycles. The smallest absolute Gasteiger partial charge is 0.306 e. The monoisotopic (exact) mass is 292 g/mol. The number of ketones is 1. The molecule has 4 heteroatoms. The molecule has 0 saturated carbocycles. The molecule has 1 atom stereocenters. The third kappa shape index (κ3) is 6.43. The molecule has 0 spiro atoms. The van der Waals surface area contributed by atoms with Gasteiger partial charge in [-0.1, -0.05) is 26.0 Å². The maximum absolute atomic E-state index is 11.6. The van der Waals surface area contributed by atoms with Gasteiger partial charge in [-0.05, 0) is 37.0 Å². The van der Waals surface area contributed by atoms with E-state index in [2.05, 4.69) is 13.8 Å². The van der Waals surface area contributed by atoms with Crippen LogP contribution in [0.3, 0.4) is 0 Å². The zero-order chi connectivity index (χ0) is 15.7. The summed E-state index contributed by atoms with van der Waals surface area (Å²) in [5, 5.41) is 0. The lowest BCUT2D eigenvalue weighted by Gasteiger charge is -2.10. The molecular weight excluding hydrogens is 268 g/mol. The second kappa shape index (κ2) is 9.16. The normalized spacial score (nSPS) is 11.8. The van der Waals surface area contributed by atoms with Crippen LogP contribution in [0.25, 0.3) is 0 Å². The van der Waals surface area contributed by atoms with Crippen LogP contribution in [-0.4, -0.2) is 25.0 Å². The van der Waals surface area contributed by atoms with Crippen LogP contribution in [0.2, 0.25) is 0 Å². The molecule has 0 saturated heterocycles. The molecule has 1 aromatic carbocycles. The summed E-state index contributed by atoms with van der Waals surface area (Å²) in [6.07, 6.45) is 1.36. The first-order chi connectivity index (χ1) is 10.1. The van der Waals surface area contributed by atoms with E-state index in [1.54, 1.807) is 6.92 Å². The Hall–Kier alpha value is -1.84. The predicted molar refractivity (Wildman–Crippen MR) is 81.5 cm³/mol. The number of esters is 1. The lowest BCUT2D eigenvalue weighted by molar-refractivity contribution is -0.144. The fraction of sp³-hybridized carbons (Fsp3) is 0.529. The van der Waals surface area contributed by atoms with Crippen molar-refractivity contribution in [3.8, 4) is 5.75 Å². The summed E-state index contributed by atoms with van der Waals surface area (Å²) in [6, 6.07) is 7.79. The maximum atomic E-state index is 11.6. The SMILES string of the molecule is CCOC(=O)CCC(=O)COc1ccc(C(C)CC)cc1. The zero-order valence-electron chi connectivity index (χ0n) is 13.1. The van der Waals surface area contributed by atoms with Crippen LogP contribution in [-0.2, 0) is 14.3 Å². The summed E-state index contributed by atoms with van der Waals surface area (Å²) < 4.78 is 10.2. The molecule has 0 aromatic heterocycles. The number of carbonyl (C=O) groups excluding carboxylic acids is 2. The van der Waals surface area contributed by atoms with Crippen molar-refractivity contribution in [2.75, 3.05) is 13.2 Å². The Balaban J connectivity index is 2.34. The van der Waals surface area contributed by atoms with E-state index in [0.29, 0.717) is 18.3 Å². The van der Waals surface area contributed by atoms with Gasteiger partial charge in [-0.2, -0.15) is 0 Å². The summed E-state index contributed by atoms with van der Waals surface area (Å²) >= 11 is 0. The molecular formula is C17H24O4. The molecule has 0 fully saturated rings. The van der Waals surface area contributed by atoms with Crippen molar-refractivity contribution in [3.63, 3.8) is 0 Å². The quantitative estimate of drug-likeness (QED) is 0.654. The number of carbonyl (C=O) groups is 2. The van der Waals surface area contributed by atoms with Gasteiger partial charge in [-0.3, -0.25) is 9.59 Å².